The lowest BCUT2D eigenvalue weighted by molar-refractivity contribution is 0.199. The second-order valence-corrected chi connectivity index (χ2v) is 5.17. The summed E-state index contributed by atoms with van der Waals surface area (Å²) in [5.74, 6) is 0.830. The third-order valence-corrected chi connectivity index (χ3v) is 4.08. The maximum absolute atomic E-state index is 5.44. The Morgan fingerprint density at radius 3 is 3.18 bits per heavy atom. The van der Waals surface area contributed by atoms with Crippen LogP contribution in [-0.2, 0) is 11.3 Å². The van der Waals surface area contributed by atoms with E-state index in [2.05, 4.69) is 26.2 Å². The van der Waals surface area contributed by atoms with Gasteiger partial charge < -0.3 is 14.5 Å². The van der Waals surface area contributed by atoms with Crippen LogP contribution in [0.15, 0.2) is 26.7 Å². The minimum Gasteiger partial charge on any atom is -0.442 e. The molecule has 2 heterocycles. The monoisotopic (exact) mass is 316 g/mol. The Hall–Kier alpha value is -0.690. The van der Waals surface area contributed by atoms with Crippen LogP contribution in [0.1, 0.15) is 5.69 Å². The Kier molecular flexibility index (Phi) is 4.73. The highest BCUT2D eigenvalue weighted by Crippen LogP contribution is 2.35. The normalized spacial score (nSPS) is 10.9. The summed E-state index contributed by atoms with van der Waals surface area (Å²) in [4.78, 5) is 5.30. The lowest BCUT2D eigenvalue weighted by atomic mass is 10.3. The van der Waals surface area contributed by atoms with E-state index in [1.54, 1.807) is 18.4 Å². The summed E-state index contributed by atoms with van der Waals surface area (Å²) in [6, 6.07) is 2.00. The van der Waals surface area contributed by atoms with Gasteiger partial charge in [-0.05, 0) is 27.4 Å². The molecular weight excluding hydrogens is 304 g/mol. The summed E-state index contributed by atoms with van der Waals surface area (Å²) in [5, 5.41) is 5.27. The molecule has 0 aliphatic heterocycles. The van der Waals surface area contributed by atoms with Crippen molar-refractivity contribution in [2.75, 3.05) is 20.3 Å². The molecular formula is C11H13BrN2O2S. The number of nitrogens with zero attached hydrogens (tertiary/aromatic N) is 1. The summed E-state index contributed by atoms with van der Waals surface area (Å²) < 4.78 is 11.5. The Labute approximate surface area is 112 Å². The van der Waals surface area contributed by atoms with Gasteiger partial charge >= 0.3 is 0 Å². The van der Waals surface area contributed by atoms with Gasteiger partial charge in [0.05, 0.1) is 11.5 Å². The minimum absolute atomic E-state index is 0.680. The molecule has 2 aromatic heterocycles. The summed E-state index contributed by atoms with van der Waals surface area (Å²) in [5.41, 5.74) is 0.921. The van der Waals surface area contributed by atoms with E-state index in [1.807, 2.05) is 11.4 Å². The van der Waals surface area contributed by atoms with Crippen molar-refractivity contribution in [3.8, 4) is 10.6 Å². The summed E-state index contributed by atoms with van der Waals surface area (Å²) in [6.45, 7) is 2.17. The van der Waals surface area contributed by atoms with Crippen LogP contribution in [0, 0.1) is 0 Å². The van der Waals surface area contributed by atoms with Gasteiger partial charge in [-0.15, -0.1) is 11.3 Å². The fourth-order valence-corrected chi connectivity index (χ4v) is 2.98. The van der Waals surface area contributed by atoms with Crippen molar-refractivity contribution in [3.63, 3.8) is 0 Å². The molecule has 6 heteroatoms. The van der Waals surface area contributed by atoms with Crippen LogP contribution < -0.4 is 5.32 Å². The molecule has 1 N–H and O–H groups in total. The van der Waals surface area contributed by atoms with Crippen LogP contribution in [0.2, 0.25) is 0 Å². The molecule has 0 fully saturated rings. The molecule has 0 radical (unpaired) electrons. The van der Waals surface area contributed by atoms with Crippen LogP contribution in [0.25, 0.3) is 10.6 Å². The number of oxazole rings is 1. The number of ether oxygens (including phenoxy) is 1. The summed E-state index contributed by atoms with van der Waals surface area (Å²) >= 11 is 5.13. The van der Waals surface area contributed by atoms with Gasteiger partial charge in [-0.3, -0.25) is 0 Å². The van der Waals surface area contributed by atoms with Crippen molar-refractivity contribution < 1.29 is 9.15 Å². The number of thiophene rings is 1. The van der Waals surface area contributed by atoms with Crippen LogP contribution >= 0.6 is 27.3 Å². The summed E-state index contributed by atoms with van der Waals surface area (Å²) in [6.07, 6.45) is 1.48. The maximum Gasteiger partial charge on any atom is 0.181 e. The average molecular weight is 317 g/mol. The molecule has 0 aromatic carbocycles. The molecule has 0 spiro atoms. The second kappa shape index (κ2) is 6.30. The predicted octanol–water partition coefficient (Wildman–Crippen LogP) is 2.90. The molecule has 17 heavy (non-hydrogen) atoms. The summed E-state index contributed by atoms with van der Waals surface area (Å²) in [7, 11) is 1.69. The van der Waals surface area contributed by atoms with Crippen molar-refractivity contribution in [1.29, 1.82) is 0 Å². The molecule has 2 rings (SSSR count). The highest BCUT2D eigenvalue weighted by molar-refractivity contribution is 9.10. The van der Waals surface area contributed by atoms with Gasteiger partial charge in [0.1, 0.15) is 5.69 Å². The molecule has 2 aromatic rings. The molecule has 0 atom stereocenters. The zero-order valence-electron chi connectivity index (χ0n) is 9.40. The molecule has 0 aliphatic rings. The van der Waals surface area contributed by atoms with Crippen LogP contribution in [0.5, 0.6) is 0 Å². The van der Waals surface area contributed by atoms with Gasteiger partial charge in [0.25, 0.3) is 0 Å². The first kappa shape index (κ1) is 12.8. The average Bonchev–Trinajstić information content (AvgIpc) is 2.93. The Morgan fingerprint density at radius 1 is 1.59 bits per heavy atom. The second-order valence-electron chi connectivity index (χ2n) is 3.40. The minimum atomic E-state index is 0.680. The lowest BCUT2D eigenvalue weighted by Gasteiger charge is -2.02. The standard InChI is InChI=1S/C11H13BrN2O2S/c1-15-4-3-13-6-9-10(16-7-14-9)11-8(12)2-5-17-11/h2,5,7,13H,3-4,6H2,1H3. The molecule has 0 saturated heterocycles. The number of hydrogen-bond donors (Lipinski definition) is 1. The van der Waals surface area contributed by atoms with E-state index >= 15 is 0 Å². The largest absolute Gasteiger partial charge is 0.442 e. The smallest absolute Gasteiger partial charge is 0.181 e. The van der Waals surface area contributed by atoms with E-state index in [-0.39, 0.29) is 0 Å². The number of hydrogen-bond acceptors (Lipinski definition) is 5. The molecule has 0 bridgehead atoms. The van der Waals surface area contributed by atoms with Crippen molar-refractivity contribution in [3.05, 3.63) is 28.0 Å². The molecule has 0 unspecified atom stereocenters. The Morgan fingerprint density at radius 2 is 2.47 bits per heavy atom. The molecule has 0 aliphatic carbocycles. The van der Waals surface area contributed by atoms with Crippen LogP contribution in [0.3, 0.4) is 0 Å². The number of rotatable bonds is 6. The zero-order chi connectivity index (χ0) is 12.1. The highest BCUT2D eigenvalue weighted by atomic mass is 79.9. The first-order valence-corrected chi connectivity index (χ1v) is 6.85. The quantitative estimate of drug-likeness (QED) is 0.832. The highest BCUT2D eigenvalue weighted by Gasteiger charge is 2.14. The first-order valence-electron chi connectivity index (χ1n) is 5.18. The number of halogens is 1. The van der Waals surface area contributed by atoms with Gasteiger partial charge in [0.2, 0.25) is 0 Å². The fraction of sp³-hybridized carbons (Fsp3) is 0.364. The lowest BCUT2D eigenvalue weighted by Crippen LogP contribution is -2.19. The predicted molar refractivity (Wildman–Crippen MR) is 71.1 cm³/mol. The molecule has 0 amide bonds. The fourth-order valence-electron chi connectivity index (χ4n) is 1.42. The van der Waals surface area contributed by atoms with Crippen molar-refractivity contribution in [2.24, 2.45) is 0 Å². The van der Waals surface area contributed by atoms with Gasteiger partial charge in [0, 0.05) is 24.7 Å². The number of methoxy groups -OCH3 is 1. The van der Waals surface area contributed by atoms with Gasteiger partial charge in [-0.25, -0.2) is 4.98 Å². The van der Waals surface area contributed by atoms with Gasteiger partial charge in [0.15, 0.2) is 12.2 Å². The van der Waals surface area contributed by atoms with E-state index in [0.717, 1.165) is 27.3 Å². The third-order valence-electron chi connectivity index (χ3n) is 2.24. The molecule has 4 nitrogen and oxygen atoms in total. The topological polar surface area (TPSA) is 47.3 Å². The van der Waals surface area contributed by atoms with E-state index < -0.39 is 0 Å². The van der Waals surface area contributed by atoms with E-state index in [4.69, 9.17) is 9.15 Å². The van der Waals surface area contributed by atoms with Crippen LogP contribution in [0.4, 0.5) is 0 Å². The van der Waals surface area contributed by atoms with Gasteiger partial charge in [-0.1, -0.05) is 0 Å². The van der Waals surface area contributed by atoms with Gasteiger partial charge in [-0.2, -0.15) is 0 Å². The van der Waals surface area contributed by atoms with E-state index in [9.17, 15) is 0 Å². The zero-order valence-corrected chi connectivity index (χ0v) is 11.8. The van der Waals surface area contributed by atoms with Crippen molar-refractivity contribution in [1.82, 2.24) is 10.3 Å². The van der Waals surface area contributed by atoms with E-state index in [1.165, 1.54) is 6.39 Å². The Bertz CT molecular complexity index is 469. The molecule has 92 valence electrons. The SMILES string of the molecule is COCCNCc1ncoc1-c1sccc1Br. The van der Waals surface area contributed by atoms with Crippen LogP contribution in [-0.4, -0.2) is 25.2 Å². The molecule has 0 saturated carbocycles. The first-order chi connectivity index (χ1) is 8.33. The third kappa shape index (κ3) is 3.16. The maximum atomic E-state index is 5.44. The van der Waals surface area contributed by atoms with Crippen molar-refractivity contribution >= 4 is 27.3 Å². The van der Waals surface area contributed by atoms with E-state index in [0.29, 0.717) is 13.2 Å². The number of nitrogens with one attached hydrogen (secondary N) is 1. The van der Waals surface area contributed by atoms with Crippen molar-refractivity contribution in [2.45, 2.75) is 6.54 Å². The number of aromatic nitrogens is 1. The Balaban J connectivity index is 2.05.